The zero-order chi connectivity index (χ0) is 100. The molecule has 4 heterocycles. The predicted octanol–water partition coefficient (Wildman–Crippen LogP) is 12.5. The highest BCUT2D eigenvalue weighted by molar-refractivity contribution is 5.97. The molecule has 7 amide bonds. The summed E-state index contributed by atoms with van der Waals surface area (Å²) in [6.07, 6.45) is 18.3. The first-order chi connectivity index (χ1) is 67.0. The fourth-order valence-electron chi connectivity index (χ4n) is 20.3. The molecule has 7 aliphatic rings. The number of fused-ring (bicyclic) bond motifs is 7. The Morgan fingerprint density at radius 1 is 0.604 bits per heavy atom. The number of methoxy groups -OCH3 is 3. The molecule has 139 heavy (non-hydrogen) atoms. The number of carbonyl (C=O) groups excluding carboxylic acids is 7. The summed E-state index contributed by atoms with van der Waals surface area (Å²) in [6.45, 7) is 31.1. The molecule has 3 saturated heterocycles. The molecule has 13 N–H and O–H groups in total. The monoisotopic (exact) mass is 1910 g/mol. The van der Waals surface area contributed by atoms with Gasteiger partial charge in [0.2, 0.25) is 41.4 Å². The number of carboxylic acid groups (broad SMARTS) is 1. The highest BCUT2D eigenvalue weighted by atomic mass is 16.5. The molecule has 6 aromatic rings. The Labute approximate surface area is 821 Å². The maximum absolute atomic E-state index is 14.1. The number of carbonyl (C=O) groups is 8. The summed E-state index contributed by atoms with van der Waals surface area (Å²) in [4.78, 5) is 108. The second-order valence-corrected chi connectivity index (χ2v) is 37.5. The molecular formula is C110H151N11O18. The Kier molecular flexibility index (Phi) is 42.6. The molecule has 0 aromatic heterocycles. The van der Waals surface area contributed by atoms with E-state index in [1.165, 1.54) is 24.8 Å². The Hall–Kier alpha value is -11.2. The first-order valence-electron chi connectivity index (χ1n) is 49.4. The van der Waals surface area contributed by atoms with Gasteiger partial charge in [-0.25, -0.2) is 4.79 Å². The average molecular weight is 1920 g/mol. The molecular weight excluding hydrogens is 1760 g/mol. The Bertz CT molecular complexity index is 5070. The van der Waals surface area contributed by atoms with Crippen LogP contribution in [-0.2, 0) is 71.8 Å². The maximum atomic E-state index is 14.1. The van der Waals surface area contributed by atoms with Crippen molar-refractivity contribution in [1.82, 2.24) is 51.9 Å². The normalized spacial score (nSPS) is 24.3. The fourth-order valence-corrected chi connectivity index (χ4v) is 20.3. The lowest BCUT2D eigenvalue weighted by molar-refractivity contribution is -0.150. The van der Waals surface area contributed by atoms with Crippen molar-refractivity contribution >= 4 is 47.3 Å². The van der Waals surface area contributed by atoms with E-state index in [-0.39, 0.29) is 128 Å². The van der Waals surface area contributed by atoms with Gasteiger partial charge in [-0.1, -0.05) is 206 Å². The van der Waals surface area contributed by atoms with Gasteiger partial charge in [-0.2, -0.15) is 0 Å². The number of nitrogens with two attached hydrogens (primary N) is 1. The van der Waals surface area contributed by atoms with Gasteiger partial charge in [0, 0.05) is 83.2 Å². The second kappa shape index (κ2) is 54.0. The third-order valence-electron chi connectivity index (χ3n) is 28.4. The van der Waals surface area contributed by atoms with Crippen molar-refractivity contribution in [2.45, 2.75) is 260 Å². The lowest BCUT2D eigenvalue weighted by atomic mass is 9.81. The van der Waals surface area contributed by atoms with E-state index in [9.17, 15) is 58.8 Å². The van der Waals surface area contributed by atoms with Crippen LogP contribution in [0.15, 0.2) is 208 Å². The van der Waals surface area contributed by atoms with Crippen molar-refractivity contribution in [3.63, 3.8) is 0 Å². The van der Waals surface area contributed by atoms with Crippen LogP contribution in [0.25, 0.3) is 0 Å². The van der Waals surface area contributed by atoms with E-state index in [1.807, 2.05) is 173 Å². The van der Waals surface area contributed by atoms with Gasteiger partial charge in [0.05, 0.1) is 89.9 Å². The number of nitrogens with zero attached hydrogens (tertiary/aromatic N) is 3. The summed E-state index contributed by atoms with van der Waals surface area (Å²) in [7, 11) is 4.95. The number of aliphatic hydroxyl groups excluding tert-OH is 3. The predicted molar refractivity (Wildman–Crippen MR) is 538 cm³/mol. The molecule has 0 spiro atoms. The van der Waals surface area contributed by atoms with Crippen LogP contribution in [-0.4, -0.2) is 229 Å². The number of likely N-dealkylation sites (tertiary alicyclic amines) is 3. The number of rotatable bonds is 42. The molecule has 20 atom stereocenters. The molecule has 6 aromatic carbocycles. The van der Waals surface area contributed by atoms with Gasteiger partial charge >= 0.3 is 5.97 Å². The highest BCUT2D eigenvalue weighted by Crippen LogP contribution is 2.47. The summed E-state index contributed by atoms with van der Waals surface area (Å²) in [5, 5.41) is 65.5. The van der Waals surface area contributed by atoms with E-state index < -0.39 is 65.6 Å². The minimum atomic E-state index is -1.07. The quantitative estimate of drug-likeness (QED) is 0.0158. The summed E-state index contributed by atoms with van der Waals surface area (Å²) < 4.78 is 34.6. The SMILES string of the molecule is C=CCO[C@@H]1C[C@H](NC[C@@H](O)[C@@H](N)Cc2ccccc2)c2cc(OC)ccc21.C=CCO[C@@H]1C[C@H](NC[C@@H](O)[C@H](Cc2ccccc2)NC(=O)[C@H](CC=C)N2CC[C@](NC(C)=O)([C@@H](C)CC)C2=O)c2cc(OC)ccc21.C=CC[C@@H](C(=O)O)N1CC[C@](NC(C)=O)([C@@H](C)CC)C1=O.CCCC[C@H]1CCN([C@H]2CC=CCO[C@@H]3C[C@H](NC[C@@H](O)[C@H](Cc4ccccc4)NC2=O)c2cc(OC)ccc23)C1=O. The van der Waals surface area contributed by atoms with E-state index in [0.29, 0.717) is 97.4 Å². The van der Waals surface area contributed by atoms with Crippen molar-refractivity contribution in [1.29, 1.82) is 0 Å². The molecule has 0 unspecified atom stereocenters. The summed E-state index contributed by atoms with van der Waals surface area (Å²) >= 11 is 0. The minimum Gasteiger partial charge on any atom is -0.497 e. The van der Waals surface area contributed by atoms with Crippen molar-refractivity contribution < 1.29 is 87.2 Å². The van der Waals surface area contributed by atoms with E-state index in [1.54, 1.807) is 49.4 Å². The average Bonchev–Trinajstić information content (AvgIpc) is 1.63. The number of hydrogen-bond acceptors (Lipinski definition) is 21. The molecule has 29 heteroatoms. The zero-order valence-electron chi connectivity index (χ0n) is 82.8. The number of benzene rings is 6. The van der Waals surface area contributed by atoms with Crippen LogP contribution in [0.5, 0.6) is 17.2 Å². The van der Waals surface area contributed by atoms with Gasteiger partial charge < -0.3 is 106 Å². The highest BCUT2D eigenvalue weighted by Gasteiger charge is 2.55. The number of aliphatic hydroxyl groups is 3. The first kappa shape index (κ1) is 110. The van der Waals surface area contributed by atoms with Crippen molar-refractivity contribution in [2.75, 3.05) is 80.4 Å². The van der Waals surface area contributed by atoms with Gasteiger partial charge in [0.15, 0.2) is 0 Å². The van der Waals surface area contributed by atoms with Crippen molar-refractivity contribution in [3.05, 3.63) is 258 Å². The molecule has 754 valence electrons. The number of unbranched alkanes of at least 4 members (excludes halogenated alkanes) is 1. The number of aliphatic carboxylic acids is 1. The van der Waals surface area contributed by atoms with Crippen LogP contribution in [0.2, 0.25) is 0 Å². The molecule has 3 aliphatic carbocycles. The summed E-state index contributed by atoms with van der Waals surface area (Å²) in [5.74, 6) is -0.575. The fraction of sp³-hybridized carbons (Fsp3) is 0.509. The van der Waals surface area contributed by atoms with Crippen LogP contribution >= 0.6 is 0 Å². The second-order valence-electron chi connectivity index (χ2n) is 37.5. The topological polar surface area (TPSA) is 393 Å². The van der Waals surface area contributed by atoms with Gasteiger partial charge in [0.25, 0.3) is 0 Å². The number of hydrogen-bond donors (Lipinski definition) is 12. The smallest absolute Gasteiger partial charge is 0.326 e. The first-order valence-corrected chi connectivity index (χ1v) is 49.4. The van der Waals surface area contributed by atoms with E-state index in [2.05, 4.69) is 82.6 Å². The lowest BCUT2D eigenvalue weighted by Crippen LogP contribution is -2.60. The number of β-amino-alcohol motifs (C(OH)–C–C–N with tert-alkyl or cyclic N) is 1. The lowest BCUT2D eigenvalue weighted by Gasteiger charge is -2.36. The molecule has 0 saturated carbocycles. The van der Waals surface area contributed by atoms with Gasteiger partial charge in [0.1, 0.15) is 46.5 Å². The number of nitrogens with one attached hydrogen (secondary N) is 7. The number of ether oxygens (including phenoxy) is 6. The van der Waals surface area contributed by atoms with Crippen LogP contribution < -0.4 is 57.2 Å². The molecule has 29 nitrogen and oxygen atoms in total. The summed E-state index contributed by atoms with van der Waals surface area (Å²) in [5.41, 5.74) is 13.9. The molecule has 4 aliphatic heterocycles. The van der Waals surface area contributed by atoms with E-state index >= 15 is 0 Å². The third-order valence-corrected chi connectivity index (χ3v) is 28.4. The molecule has 3 fully saturated rings. The van der Waals surface area contributed by atoms with Gasteiger partial charge in [-0.3, -0.25) is 33.6 Å². The largest absolute Gasteiger partial charge is 0.497 e. The van der Waals surface area contributed by atoms with E-state index in [4.69, 9.17) is 34.2 Å². The minimum absolute atomic E-state index is 0.00606. The van der Waals surface area contributed by atoms with Crippen LogP contribution in [0.1, 0.15) is 225 Å². The number of carboxylic acids is 1. The Balaban J connectivity index is 0.000000200. The standard InChI is InChI=1S/C38H52N4O6.C34H45N3O5.C23H30N2O3.C15H24N2O4/c1-7-13-33(42-19-18-38(37(42)46,25(4)9-3)41-26(5)43)36(45)40-32(21-27-14-11-10-12-15-27)34(44)24-39-31-23-35(48-20-8-2)29-17-16-28(47-6)22-30(29)31;1-3-4-12-24-16-17-37(34(24)40)30-13-8-9-18-42-32-21-28(27-20-25(41-2)14-15-26(27)32)35-22-31(38)29(36-33(30)39)19-23-10-6-5-7-11-23;1-3-11-28-23-14-21(19-13-17(27-2)9-10-18(19)23)25-15-22(26)20(24)12-16-7-5-4-6-8-16;1-5-7-12(13(19)20)17-9-8-15(14(17)21,10(3)6-2)16-11(4)18/h7-8,10-12,14-17,22,25,31-35,39,44H,1-2,9,13,18-21,23-24H2,3-6H3,(H,40,45)(H,41,43);5-11,14-15,20,24,28-32,35,38H,3-4,12-13,16-19,21-22H2,1-2H3,(H,36,39);3-10,13,20-23,25-26H,1,11-12,14-15,24H2,2H3;5,10,12H,1,6-9H2,2-4H3,(H,16,18)(H,19,20)/t25-,31-,32-,33-,34+,35+,38-;24-,28-,29-,30-,31+,32+;20-,21-,22+,23+;10-,12-,15-/m0000/s1. The van der Waals surface area contributed by atoms with Crippen LogP contribution in [0.4, 0.5) is 0 Å². The summed E-state index contributed by atoms with van der Waals surface area (Å²) in [6, 6.07) is 43.6. The van der Waals surface area contributed by atoms with E-state index in [0.717, 1.165) is 112 Å². The van der Waals surface area contributed by atoms with Crippen molar-refractivity contribution in [3.8, 4) is 17.2 Å². The number of amides is 7. The maximum Gasteiger partial charge on any atom is 0.326 e. The van der Waals surface area contributed by atoms with Crippen molar-refractivity contribution in [2.24, 2.45) is 23.5 Å². The molecule has 2 bridgehead atoms. The van der Waals surface area contributed by atoms with Crippen LogP contribution in [0.3, 0.4) is 0 Å². The van der Waals surface area contributed by atoms with Gasteiger partial charge in [-0.05, 0) is 182 Å². The Morgan fingerprint density at radius 2 is 1.09 bits per heavy atom. The van der Waals surface area contributed by atoms with Gasteiger partial charge in [-0.15, -0.1) is 26.3 Å². The molecule has 0 radical (unpaired) electrons. The molecule has 13 rings (SSSR count). The van der Waals surface area contributed by atoms with Crippen LogP contribution in [0, 0.1) is 17.8 Å². The third kappa shape index (κ3) is 28.8. The Morgan fingerprint density at radius 3 is 1.58 bits per heavy atom. The zero-order valence-corrected chi connectivity index (χ0v) is 82.8.